The van der Waals surface area contributed by atoms with Crippen molar-refractivity contribution in [3.8, 4) is 5.75 Å². The number of aromatic nitrogens is 2. The van der Waals surface area contributed by atoms with E-state index in [-0.39, 0.29) is 24.3 Å². The lowest BCUT2D eigenvalue weighted by molar-refractivity contribution is -0.116. The molecule has 1 amide bonds. The van der Waals surface area contributed by atoms with E-state index in [0.29, 0.717) is 22.7 Å². The molecule has 0 spiro atoms. The van der Waals surface area contributed by atoms with Gasteiger partial charge in [0.25, 0.3) is 5.56 Å². The first-order valence-corrected chi connectivity index (χ1v) is 7.56. The van der Waals surface area contributed by atoms with Crippen molar-refractivity contribution in [2.75, 3.05) is 12.4 Å². The van der Waals surface area contributed by atoms with Crippen LogP contribution in [-0.4, -0.2) is 22.6 Å². The molecule has 0 fully saturated rings. The van der Waals surface area contributed by atoms with Crippen LogP contribution < -0.4 is 21.3 Å². The summed E-state index contributed by atoms with van der Waals surface area (Å²) in [5.74, 6) is 0.344. The van der Waals surface area contributed by atoms with Crippen molar-refractivity contribution in [3.63, 3.8) is 0 Å². The van der Waals surface area contributed by atoms with E-state index in [1.807, 2.05) is 19.1 Å². The summed E-state index contributed by atoms with van der Waals surface area (Å²) in [6.45, 7) is 3.57. The molecule has 1 aromatic carbocycles. The summed E-state index contributed by atoms with van der Waals surface area (Å²) < 4.78 is 6.23. The maximum Gasteiger partial charge on any atom is 0.328 e. The Morgan fingerprint density at radius 3 is 2.67 bits per heavy atom. The van der Waals surface area contributed by atoms with Gasteiger partial charge >= 0.3 is 5.69 Å². The summed E-state index contributed by atoms with van der Waals surface area (Å²) in [5, 5.41) is 2.79. The quantitative estimate of drug-likeness (QED) is 0.863. The van der Waals surface area contributed by atoms with Gasteiger partial charge in [0.05, 0.1) is 12.8 Å². The van der Waals surface area contributed by atoms with Gasteiger partial charge in [0.2, 0.25) is 5.91 Å². The number of amides is 1. The molecule has 0 unspecified atom stereocenters. The van der Waals surface area contributed by atoms with Crippen LogP contribution in [-0.2, 0) is 18.3 Å². The number of benzene rings is 1. The van der Waals surface area contributed by atoms with Crippen molar-refractivity contribution in [3.05, 3.63) is 55.9 Å². The summed E-state index contributed by atoms with van der Waals surface area (Å²) >= 11 is 0. The summed E-state index contributed by atoms with van der Waals surface area (Å²) in [5.41, 5.74) is 1.67. The zero-order valence-electron chi connectivity index (χ0n) is 14.2. The Hall–Kier alpha value is -2.83. The Morgan fingerprint density at radius 2 is 2.00 bits per heavy atom. The molecule has 128 valence electrons. The molecule has 0 radical (unpaired) electrons. The number of carbonyl (C=O) groups excluding carboxylic acids is 1. The number of methoxy groups -OCH3 is 1. The monoisotopic (exact) mass is 331 g/mol. The van der Waals surface area contributed by atoms with E-state index in [0.717, 1.165) is 10.1 Å². The Kier molecular flexibility index (Phi) is 5.23. The topological polar surface area (TPSA) is 93.2 Å². The van der Waals surface area contributed by atoms with Crippen molar-refractivity contribution < 1.29 is 9.53 Å². The predicted octanol–water partition coefficient (Wildman–Crippen LogP) is 1.27. The van der Waals surface area contributed by atoms with Crippen molar-refractivity contribution in [2.24, 2.45) is 7.05 Å². The molecule has 7 nitrogen and oxygen atoms in total. The van der Waals surface area contributed by atoms with Gasteiger partial charge in [-0.25, -0.2) is 4.79 Å². The first kappa shape index (κ1) is 17.5. The number of aryl methyl sites for hydroxylation is 2. The maximum absolute atomic E-state index is 12.2. The van der Waals surface area contributed by atoms with E-state index in [1.54, 1.807) is 13.0 Å². The summed E-state index contributed by atoms with van der Waals surface area (Å²) in [4.78, 5) is 38.4. The number of nitrogens with one attached hydrogen (secondary N) is 2. The number of H-pyrrole nitrogens is 1. The average Bonchev–Trinajstić information content (AvgIpc) is 2.53. The Morgan fingerprint density at radius 1 is 1.29 bits per heavy atom. The number of hydrogen-bond donors (Lipinski definition) is 2. The number of rotatable bonds is 5. The molecule has 0 atom stereocenters. The van der Waals surface area contributed by atoms with E-state index < -0.39 is 5.69 Å². The first-order valence-electron chi connectivity index (χ1n) is 7.56. The van der Waals surface area contributed by atoms with Gasteiger partial charge in [-0.05, 0) is 38.0 Å². The number of aromatic amines is 1. The minimum absolute atomic E-state index is 0.124. The molecule has 0 saturated heterocycles. The van der Waals surface area contributed by atoms with Crippen molar-refractivity contribution in [2.45, 2.75) is 26.7 Å². The molecule has 1 aromatic heterocycles. The molecule has 0 aliphatic carbocycles. The van der Waals surface area contributed by atoms with Gasteiger partial charge in [-0.1, -0.05) is 6.07 Å². The third-order valence-corrected chi connectivity index (χ3v) is 3.85. The van der Waals surface area contributed by atoms with E-state index in [9.17, 15) is 14.4 Å². The van der Waals surface area contributed by atoms with Gasteiger partial charge in [-0.2, -0.15) is 0 Å². The average molecular weight is 331 g/mol. The van der Waals surface area contributed by atoms with E-state index in [1.165, 1.54) is 14.2 Å². The van der Waals surface area contributed by atoms with Crippen LogP contribution in [0, 0.1) is 13.8 Å². The van der Waals surface area contributed by atoms with E-state index in [4.69, 9.17) is 4.74 Å². The van der Waals surface area contributed by atoms with Gasteiger partial charge in [-0.15, -0.1) is 0 Å². The molecule has 0 bridgehead atoms. The molecular formula is C17H21N3O4. The largest absolute Gasteiger partial charge is 0.495 e. The van der Waals surface area contributed by atoms with Gasteiger partial charge in [0, 0.05) is 24.7 Å². The second-order valence-electron chi connectivity index (χ2n) is 5.65. The van der Waals surface area contributed by atoms with Crippen molar-refractivity contribution in [1.82, 2.24) is 9.55 Å². The van der Waals surface area contributed by atoms with Crippen LogP contribution in [0.15, 0.2) is 27.8 Å². The van der Waals surface area contributed by atoms with E-state index >= 15 is 0 Å². The van der Waals surface area contributed by atoms with Gasteiger partial charge in [0.15, 0.2) is 0 Å². The molecule has 0 aliphatic rings. The van der Waals surface area contributed by atoms with Crippen LogP contribution in [0.3, 0.4) is 0 Å². The lowest BCUT2D eigenvalue weighted by atomic mass is 10.1. The Bertz CT molecular complexity index is 880. The fourth-order valence-electron chi connectivity index (χ4n) is 2.44. The molecule has 7 heteroatoms. The van der Waals surface area contributed by atoms with Crippen LogP contribution in [0.5, 0.6) is 5.75 Å². The molecule has 2 N–H and O–H groups in total. The van der Waals surface area contributed by atoms with Crippen LogP contribution in [0.4, 0.5) is 5.69 Å². The highest BCUT2D eigenvalue weighted by atomic mass is 16.5. The predicted molar refractivity (Wildman–Crippen MR) is 91.7 cm³/mol. The van der Waals surface area contributed by atoms with Crippen LogP contribution in [0.25, 0.3) is 0 Å². The van der Waals surface area contributed by atoms with Crippen molar-refractivity contribution >= 4 is 11.6 Å². The third kappa shape index (κ3) is 3.73. The van der Waals surface area contributed by atoms with E-state index in [2.05, 4.69) is 10.3 Å². The smallest absolute Gasteiger partial charge is 0.328 e. The highest BCUT2D eigenvalue weighted by Crippen LogP contribution is 2.25. The zero-order chi connectivity index (χ0) is 17.9. The molecule has 2 rings (SSSR count). The molecule has 1 heterocycles. The normalized spacial score (nSPS) is 10.5. The fraction of sp³-hybridized carbons (Fsp3) is 0.353. The first-order chi connectivity index (χ1) is 11.3. The molecule has 0 aliphatic heterocycles. The van der Waals surface area contributed by atoms with Crippen LogP contribution in [0.1, 0.15) is 23.2 Å². The highest BCUT2D eigenvalue weighted by Gasteiger charge is 2.13. The Labute approximate surface area is 139 Å². The van der Waals surface area contributed by atoms with Crippen LogP contribution in [0.2, 0.25) is 0 Å². The number of anilines is 1. The fourth-order valence-corrected chi connectivity index (χ4v) is 2.44. The number of ether oxygens (including phenoxy) is 1. The lowest BCUT2D eigenvalue weighted by Crippen LogP contribution is -2.36. The minimum atomic E-state index is -0.463. The highest BCUT2D eigenvalue weighted by molar-refractivity contribution is 5.92. The number of hydrogen-bond acceptors (Lipinski definition) is 4. The lowest BCUT2D eigenvalue weighted by Gasteiger charge is -2.11. The van der Waals surface area contributed by atoms with Gasteiger partial charge in [-0.3, -0.25) is 14.2 Å². The van der Waals surface area contributed by atoms with Gasteiger partial charge in [0.1, 0.15) is 5.75 Å². The zero-order valence-corrected chi connectivity index (χ0v) is 14.2. The Balaban J connectivity index is 2.13. The summed E-state index contributed by atoms with van der Waals surface area (Å²) in [7, 11) is 2.94. The SMILES string of the molecule is COc1ccc(C)cc1NC(=O)CCc1c(C)[nH]c(=O)n(C)c1=O. The number of carbonyl (C=O) groups is 1. The molecule has 24 heavy (non-hydrogen) atoms. The molecule has 0 saturated carbocycles. The second kappa shape index (κ2) is 7.16. The van der Waals surface area contributed by atoms with Crippen molar-refractivity contribution in [1.29, 1.82) is 0 Å². The summed E-state index contributed by atoms with van der Waals surface area (Å²) in [6.07, 6.45) is 0.370. The van der Waals surface area contributed by atoms with Gasteiger partial charge < -0.3 is 15.0 Å². The minimum Gasteiger partial charge on any atom is -0.495 e. The molecular weight excluding hydrogens is 310 g/mol. The maximum atomic E-state index is 12.2. The second-order valence-corrected chi connectivity index (χ2v) is 5.65. The van der Waals surface area contributed by atoms with Crippen LogP contribution >= 0.6 is 0 Å². The summed E-state index contributed by atoms with van der Waals surface area (Å²) in [6, 6.07) is 5.50. The molecule has 2 aromatic rings. The third-order valence-electron chi connectivity index (χ3n) is 3.85. The number of nitrogens with zero attached hydrogens (tertiary/aromatic N) is 1. The standard InChI is InChI=1S/C17H21N3O4/c1-10-5-7-14(24-4)13(9-10)19-15(21)8-6-12-11(2)18-17(23)20(3)16(12)22/h5,7,9H,6,8H2,1-4H3,(H,18,23)(H,19,21).